The molecule has 0 aromatic rings. The van der Waals surface area contributed by atoms with Gasteiger partial charge < -0.3 is 9.84 Å². The lowest BCUT2D eigenvalue weighted by molar-refractivity contribution is -0.140. The first-order valence-electron chi connectivity index (χ1n) is 6.29. The molecule has 0 radical (unpaired) electrons. The molecule has 1 N–H and O–H groups in total. The normalized spacial score (nSPS) is 28.4. The lowest BCUT2D eigenvalue weighted by Gasteiger charge is -2.36. The largest absolute Gasteiger partial charge is 0.481 e. The molecule has 2 fully saturated rings. The van der Waals surface area contributed by atoms with E-state index in [1.165, 1.54) is 25.7 Å². The van der Waals surface area contributed by atoms with E-state index in [1.54, 1.807) is 0 Å². The van der Waals surface area contributed by atoms with E-state index < -0.39 is 5.97 Å². The van der Waals surface area contributed by atoms with Crippen molar-refractivity contribution in [2.45, 2.75) is 38.1 Å². The third-order valence-electron chi connectivity index (χ3n) is 3.73. The molecule has 2 rings (SSSR count). The van der Waals surface area contributed by atoms with Gasteiger partial charge in [0, 0.05) is 19.1 Å². The van der Waals surface area contributed by atoms with Gasteiger partial charge in [-0.25, -0.2) is 0 Å². The maximum absolute atomic E-state index is 10.8. The van der Waals surface area contributed by atoms with Gasteiger partial charge in [-0.15, -0.1) is 0 Å². The van der Waals surface area contributed by atoms with E-state index in [2.05, 4.69) is 4.90 Å². The van der Waals surface area contributed by atoms with Crippen LogP contribution in [0.15, 0.2) is 0 Å². The van der Waals surface area contributed by atoms with E-state index in [9.17, 15) is 4.79 Å². The minimum absolute atomic E-state index is 0.0897. The Morgan fingerprint density at radius 2 is 2.12 bits per heavy atom. The highest BCUT2D eigenvalue weighted by Crippen LogP contribution is 2.27. The first-order chi connectivity index (χ1) is 7.75. The Hall–Kier alpha value is -0.610. The number of carboxylic acid groups (broad SMARTS) is 1. The zero-order chi connectivity index (χ0) is 11.4. The molecule has 0 spiro atoms. The van der Waals surface area contributed by atoms with Crippen molar-refractivity contribution in [1.82, 2.24) is 4.90 Å². The number of morpholine rings is 1. The van der Waals surface area contributed by atoms with E-state index in [0.29, 0.717) is 6.61 Å². The van der Waals surface area contributed by atoms with E-state index in [4.69, 9.17) is 9.84 Å². The monoisotopic (exact) mass is 227 g/mol. The Labute approximate surface area is 96.6 Å². The maximum atomic E-state index is 10.8. The van der Waals surface area contributed by atoms with E-state index in [-0.39, 0.29) is 12.5 Å². The van der Waals surface area contributed by atoms with Crippen molar-refractivity contribution in [3.8, 4) is 0 Å². The van der Waals surface area contributed by atoms with Crippen LogP contribution in [0.25, 0.3) is 0 Å². The molecule has 1 saturated carbocycles. The van der Waals surface area contributed by atoms with Gasteiger partial charge in [-0.05, 0) is 18.8 Å². The highest BCUT2D eigenvalue weighted by atomic mass is 16.5. The summed E-state index contributed by atoms with van der Waals surface area (Å²) in [4.78, 5) is 13.1. The van der Waals surface area contributed by atoms with Gasteiger partial charge in [0.05, 0.1) is 19.6 Å². The SMILES string of the molecule is O=C(O)CC1COCCN1CC1CCCC1. The van der Waals surface area contributed by atoms with Crippen molar-refractivity contribution in [3.63, 3.8) is 0 Å². The summed E-state index contributed by atoms with van der Waals surface area (Å²) in [5.41, 5.74) is 0. The fourth-order valence-electron chi connectivity index (χ4n) is 2.84. The van der Waals surface area contributed by atoms with Gasteiger partial charge in [0.25, 0.3) is 0 Å². The summed E-state index contributed by atoms with van der Waals surface area (Å²) < 4.78 is 5.37. The van der Waals surface area contributed by atoms with E-state index >= 15 is 0 Å². The van der Waals surface area contributed by atoms with Crippen LogP contribution in [0.1, 0.15) is 32.1 Å². The Balaban J connectivity index is 1.85. The van der Waals surface area contributed by atoms with Crippen LogP contribution < -0.4 is 0 Å². The number of nitrogens with zero attached hydrogens (tertiary/aromatic N) is 1. The number of carbonyl (C=O) groups is 1. The zero-order valence-corrected chi connectivity index (χ0v) is 9.73. The van der Waals surface area contributed by atoms with Gasteiger partial charge >= 0.3 is 5.97 Å². The standard InChI is InChI=1S/C12H21NO3/c14-12(15)7-11-9-16-6-5-13(11)8-10-3-1-2-4-10/h10-11H,1-9H2,(H,14,15). The van der Waals surface area contributed by atoms with Crippen LogP contribution in [0.3, 0.4) is 0 Å². The van der Waals surface area contributed by atoms with Crippen LogP contribution in [0.2, 0.25) is 0 Å². The van der Waals surface area contributed by atoms with Crippen LogP contribution in [0, 0.1) is 5.92 Å². The van der Waals surface area contributed by atoms with Crippen LogP contribution in [-0.4, -0.2) is 48.3 Å². The summed E-state index contributed by atoms with van der Waals surface area (Å²) in [5, 5.41) is 8.86. The molecule has 4 heteroatoms. The van der Waals surface area contributed by atoms with Gasteiger partial charge in [0.1, 0.15) is 0 Å². The summed E-state index contributed by atoms with van der Waals surface area (Å²) in [6, 6.07) is 0.0897. The quantitative estimate of drug-likeness (QED) is 0.787. The second-order valence-corrected chi connectivity index (χ2v) is 4.97. The van der Waals surface area contributed by atoms with E-state index in [0.717, 1.165) is 25.6 Å². The Morgan fingerprint density at radius 1 is 1.38 bits per heavy atom. The predicted molar refractivity (Wildman–Crippen MR) is 60.4 cm³/mol. The van der Waals surface area contributed by atoms with Gasteiger partial charge in [-0.3, -0.25) is 9.69 Å². The molecule has 92 valence electrons. The van der Waals surface area contributed by atoms with Crippen LogP contribution in [-0.2, 0) is 9.53 Å². The average molecular weight is 227 g/mol. The summed E-state index contributed by atoms with van der Waals surface area (Å²) in [5.74, 6) is 0.0707. The molecular weight excluding hydrogens is 206 g/mol. The maximum Gasteiger partial charge on any atom is 0.305 e. The van der Waals surface area contributed by atoms with Gasteiger partial charge in [0.2, 0.25) is 0 Å². The van der Waals surface area contributed by atoms with Crippen LogP contribution in [0.5, 0.6) is 0 Å². The molecule has 1 aliphatic heterocycles. The van der Waals surface area contributed by atoms with Crippen LogP contribution >= 0.6 is 0 Å². The summed E-state index contributed by atoms with van der Waals surface area (Å²) >= 11 is 0. The lowest BCUT2D eigenvalue weighted by Crippen LogP contribution is -2.48. The Bertz CT molecular complexity index is 238. The van der Waals surface area contributed by atoms with Crippen molar-refractivity contribution < 1.29 is 14.6 Å². The van der Waals surface area contributed by atoms with Crippen molar-refractivity contribution in [3.05, 3.63) is 0 Å². The number of hydrogen-bond donors (Lipinski definition) is 1. The topological polar surface area (TPSA) is 49.8 Å². The second kappa shape index (κ2) is 5.64. The molecule has 0 bridgehead atoms. The molecule has 1 atom stereocenters. The van der Waals surface area contributed by atoms with Gasteiger partial charge in [-0.1, -0.05) is 12.8 Å². The van der Waals surface area contributed by atoms with E-state index in [1.807, 2.05) is 0 Å². The molecular formula is C12H21NO3. The summed E-state index contributed by atoms with van der Waals surface area (Å²) in [6.45, 7) is 3.30. The molecule has 1 aliphatic carbocycles. The second-order valence-electron chi connectivity index (χ2n) is 4.97. The molecule has 1 heterocycles. The summed E-state index contributed by atoms with van der Waals surface area (Å²) in [6.07, 6.45) is 5.54. The minimum Gasteiger partial charge on any atom is -0.481 e. The van der Waals surface area contributed by atoms with Crippen molar-refractivity contribution >= 4 is 5.97 Å². The molecule has 2 aliphatic rings. The molecule has 4 nitrogen and oxygen atoms in total. The molecule has 16 heavy (non-hydrogen) atoms. The first-order valence-corrected chi connectivity index (χ1v) is 6.29. The van der Waals surface area contributed by atoms with Crippen LogP contribution in [0.4, 0.5) is 0 Å². The van der Waals surface area contributed by atoms with Crippen molar-refractivity contribution in [1.29, 1.82) is 0 Å². The number of hydrogen-bond acceptors (Lipinski definition) is 3. The zero-order valence-electron chi connectivity index (χ0n) is 9.73. The molecule has 0 aromatic carbocycles. The molecule has 1 saturated heterocycles. The minimum atomic E-state index is -0.716. The fourth-order valence-corrected chi connectivity index (χ4v) is 2.84. The third-order valence-corrected chi connectivity index (χ3v) is 3.73. The highest BCUT2D eigenvalue weighted by Gasteiger charge is 2.28. The van der Waals surface area contributed by atoms with Crippen molar-refractivity contribution in [2.24, 2.45) is 5.92 Å². The lowest BCUT2D eigenvalue weighted by atomic mass is 10.0. The Morgan fingerprint density at radius 3 is 2.81 bits per heavy atom. The van der Waals surface area contributed by atoms with Gasteiger partial charge in [0.15, 0.2) is 0 Å². The molecule has 1 unspecified atom stereocenters. The first kappa shape index (κ1) is 11.9. The number of aliphatic carboxylic acids is 1. The summed E-state index contributed by atoms with van der Waals surface area (Å²) in [7, 11) is 0. The average Bonchev–Trinajstić information content (AvgIpc) is 2.73. The van der Waals surface area contributed by atoms with Crippen molar-refractivity contribution in [2.75, 3.05) is 26.3 Å². The molecule has 0 aromatic heterocycles. The fraction of sp³-hybridized carbons (Fsp3) is 0.917. The number of carboxylic acids is 1. The number of ether oxygens (including phenoxy) is 1. The predicted octanol–water partition coefficient (Wildman–Crippen LogP) is 1.35. The Kier molecular flexibility index (Phi) is 4.18. The third kappa shape index (κ3) is 3.19. The smallest absolute Gasteiger partial charge is 0.305 e. The molecule has 0 amide bonds. The number of rotatable bonds is 4. The highest BCUT2D eigenvalue weighted by molar-refractivity contribution is 5.67. The van der Waals surface area contributed by atoms with Gasteiger partial charge in [-0.2, -0.15) is 0 Å².